The third-order valence-electron chi connectivity index (χ3n) is 6.49. The number of rotatable bonds is 7. The van der Waals surface area contributed by atoms with Crippen LogP contribution < -0.4 is 4.74 Å². The molecule has 2 aliphatic heterocycles. The molecule has 1 atom stereocenters. The van der Waals surface area contributed by atoms with Crippen molar-refractivity contribution < 1.29 is 19.1 Å². The second kappa shape index (κ2) is 11.2. The molecule has 0 unspecified atom stereocenters. The Morgan fingerprint density at radius 2 is 1.67 bits per heavy atom. The Morgan fingerprint density at radius 3 is 2.42 bits per heavy atom. The lowest BCUT2D eigenvalue weighted by atomic mass is 9.77. The van der Waals surface area contributed by atoms with Crippen LogP contribution in [0.5, 0.6) is 5.75 Å². The summed E-state index contributed by atoms with van der Waals surface area (Å²) >= 11 is 3.55. The standard InChI is InChI=1S/C26H31BrN2O4/c27-23-10-5-4-7-21(23)17-24(30)29-12-6-11-26(19-29,20-33-22-8-2-1-3-9-22)18-25(31)28-13-15-32-16-14-28/h1-5,7-10H,6,11-20H2/t26-/m0/s1. The minimum atomic E-state index is -0.410. The van der Waals surface area contributed by atoms with Gasteiger partial charge in [0.05, 0.1) is 26.2 Å². The minimum absolute atomic E-state index is 0.0875. The van der Waals surface area contributed by atoms with Crippen molar-refractivity contribution in [2.24, 2.45) is 5.41 Å². The number of nitrogens with zero attached hydrogens (tertiary/aromatic N) is 2. The van der Waals surface area contributed by atoms with Crippen molar-refractivity contribution in [3.63, 3.8) is 0 Å². The fourth-order valence-corrected chi connectivity index (χ4v) is 5.07. The highest BCUT2D eigenvalue weighted by Gasteiger charge is 2.41. The number of morpholine rings is 1. The first kappa shape index (κ1) is 23.8. The van der Waals surface area contributed by atoms with Crippen molar-refractivity contribution in [3.8, 4) is 5.75 Å². The summed E-state index contributed by atoms with van der Waals surface area (Å²) in [7, 11) is 0. The second-order valence-corrected chi connectivity index (χ2v) is 9.81. The highest BCUT2D eigenvalue weighted by Crippen LogP contribution is 2.36. The molecule has 2 heterocycles. The van der Waals surface area contributed by atoms with Crippen LogP contribution in [0.3, 0.4) is 0 Å². The molecule has 0 bridgehead atoms. The van der Waals surface area contributed by atoms with Crippen LogP contribution in [0, 0.1) is 5.41 Å². The maximum Gasteiger partial charge on any atom is 0.227 e. The van der Waals surface area contributed by atoms with E-state index in [2.05, 4.69) is 15.9 Å². The van der Waals surface area contributed by atoms with E-state index in [1.165, 1.54) is 0 Å². The molecule has 2 aromatic carbocycles. The van der Waals surface area contributed by atoms with Crippen molar-refractivity contribution in [3.05, 3.63) is 64.6 Å². The van der Waals surface area contributed by atoms with Crippen molar-refractivity contribution in [1.29, 1.82) is 0 Å². The normalized spacial score (nSPS) is 21.0. The lowest BCUT2D eigenvalue weighted by molar-refractivity contribution is -0.143. The molecule has 0 saturated carbocycles. The number of amides is 2. The summed E-state index contributed by atoms with van der Waals surface area (Å²) < 4.78 is 12.5. The van der Waals surface area contributed by atoms with E-state index < -0.39 is 5.41 Å². The Hall–Kier alpha value is -2.38. The molecular formula is C26H31BrN2O4. The zero-order valence-corrected chi connectivity index (χ0v) is 20.5. The van der Waals surface area contributed by atoms with Gasteiger partial charge in [0, 0.05) is 42.5 Å². The highest BCUT2D eigenvalue weighted by atomic mass is 79.9. The van der Waals surface area contributed by atoms with E-state index in [-0.39, 0.29) is 11.8 Å². The number of benzene rings is 2. The Morgan fingerprint density at radius 1 is 0.939 bits per heavy atom. The van der Waals surface area contributed by atoms with Crippen LogP contribution in [-0.2, 0) is 20.7 Å². The van der Waals surface area contributed by atoms with Crippen molar-refractivity contribution >= 4 is 27.7 Å². The molecule has 2 aliphatic rings. The fraction of sp³-hybridized carbons (Fsp3) is 0.462. The lowest BCUT2D eigenvalue weighted by Crippen LogP contribution is -2.52. The van der Waals surface area contributed by atoms with Crippen LogP contribution in [0.25, 0.3) is 0 Å². The van der Waals surface area contributed by atoms with Gasteiger partial charge in [0.1, 0.15) is 5.75 Å². The van der Waals surface area contributed by atoms with Crippen LogP contribution in [0.15, 0.2) is 59.1 Å². The van der Waals surface area contributed by atoms with Gasteiger partial charge in [-0.3, -0.25) is 9.59 Å². The molecule has 0 radical (unpaired) electrons. The van der Waals surface area contributed by atoms with Gasteiger partial charge in [0.2, 0.25) is 11.8 Å². The lowest BCUT2D eigenvalue weighted by Gasteiger charge is -2.43. The van der Waals surface area contributed by atoms with Crippen LogP contribution in [0.1, 0.15) is 24.8 Å². The molecule has 2 fully saturated rings. The second-order valence-electron chi connectivity index (χ2n) is 8.96. The molecule has 176 valence electrons. The maximum atomic E-state index is 13.2. The van der Waals surface area contributed by atoms with Crippen LogP contribution in [0.2, 0.25) is 0 Å². The number of carbonyl (C=O) groups is 2. The van der Waals surface area contributed by atoms with Gasteiger partial charge < -0.3 is 19.3 Å². The highest BCUT2D eigenvalue weighted by molar-refractivity contribution is 9.10. The molecule has 0 N–H and O–H groups in total. The number of likely N-dealkylation sites (tertiary alicyclic amines) is 1. The first-order valence-electron chi connectivity index (χ1n) is 11.6. The summed E-state index contributed by atoms with van der Waals surface area (Å²) in [4.78, 5) is 30.2. The third-order valence-corrected chi connectivity index (χ3v) is 7.27. The van der Waals surface area contributed by atoms with E-state index in [1.807, 2.05) is 64.4 Å². The zero-order chi connectivity index (χ0) is 23.1. The van der Waals surface area contributed by atoms with Crippen LogP contribution in [-0.4, -0.2) is 67.6 Å². The molecule has 0 spiro atoms. The van der Waals surface area contributed by atoms with Gasteiger partial charge >= 0.3 is 0 Å². The number of hydrogen-bond acceptors (Lipinski definition) is 4. The Bertz CT molecular complexity index is 948. The van der Waals surface area contributed by atoms with E-state index >= 15 is 0 Å². The number of halogens is 1. The molecule has 2 saturated heterocycles. The summed E-state index contributed by atoms with van der Waals surface area (Å²) in [5, 5.41) is 0. The van der Waals surface area contributed by atoms with E-state index in [9.17, 15) is 9.59 Å². The number of hydrogen-bond donors (Lipinski definition) is 0. The summed E-state index contributed by atoms with van der Waals surface area (Å²) in [5.41, 5.74) is 0.566. The van der Waals surface area contributed by atoms with Gasteiger partial charge in [-0.1, -0.05) is 52.3 Å². The first-order chi connectivity index (χ1) is 16.0. The number of para-hydroxylation sites is 1. The average Bonchev–Trinajstić information content (AvgIpc) is 2.85. The molecule has 4 rings (SSSR count). The first-order valence-corrected chi connectivity index (χ1v) is 12.4. The van der Waals surface area contributed by atoms with E-state index in [0.717, 1.165) is 28.6 Å². The maximum absolute atomic E-state index is 13.2. The van der Waals surface area contributed by atoms with Crippen molar-refractivity contribution in [1.82, 2.24) is 9.80 Å². The monoisotopic (exact) mass is 514 g/mol. The topological polar surface area (TPSA) is 59.1 Å². The summed E-state index contributed by atoms with van der Waals surface area (Å²) in [6.07, 6.45) is 2.43. The van der Waals surface area contributed by atoms with Gasteiger partial charge in [-0.25, -0.2) is 0 Å². The van der Waals surface area contributed by atoms with E-state index in [4.69, 9.17) is 9.47 Å². The van der Waals surface area contributed by atoms with E-state index in [1.54, 1.807) is 0 Å². The molecule has 2 amide bonds. The predicted molar refractivity (Wildman–Crippen MR) is 130 cm³/mol. The van der Waals surface area contributed by atoms with Gasteiger partial charge in [-0.2, -0.15) is 0 Å². The van der Waals surface area contributed by atoms with Crippen molar-refractivity contribution in [2.45, 2.75) is 25.7 Å². The smallest absolute Gasteiger partial charge is 0.227 e. The quantitative estimate of drug-likeness (QED) is 0.561. The molecule has 33 heavy (non-hydrogen) atoms. The van der Waals surface area contributed by atoms with Crippen LogP contribution in [0.4, 0.5) is 0 Å². The predicted octanol–water partition coefficient (Wildman–Crippen LogP) is 3.93. The summed E-state index contributed by atoms with van der Waals surface area (Å²) in [6.45, 7) is 4.05. The summed E-state index contributed by atoms with van der Waals surface area (Å²) in [5.74, 6) is 0.993. The summed E-state index contributed by atoms with van der Waals surface area (Å²) in [6, 6.07) is 17.5. The molecule has 6 nitrogen and oxygen atoms in total. The van der Waals surface area contributed by atoms with Gasteiger partial charge in [-0.15, -0.1) is 0 Å². The minimum Gasteiger partial charge on any atom is -0.493 e. The third kappa shape index (κ3) is 6.36. The number of ether oxygens (including phenoxy) is 2. The average molecular weight is 515 g/mol. The van der Waals surface area contributed by atoms with Gasteiger partial charge in [0.15, 0.2) is 0 Å². The number of piperidine rings is 1. The molecule has 0 aromatic heterocycles. The van der Waals surface area contributed by atoms with Crippen molar-refractivity contribution in [2.75, 3.05) is 46.0 Å². The molecule has 2 aromatic rings. The fourth-order valence-electron chi connectivity index (χ4n) is 4.65. The zero-order valence-electron chi connectivity index (χ0n) is 18.9. The largest absolute Gasteiger partial charge is 0.493 e. The Labute approximate surface area is 204 Å². The van der Waals surface area contributed by atoms with E-state index in [0.29, 0.717) is 58.8 Å². The Kier molecular flexibility index (Phi) is 8.04. The number of carbonyl (C=O) groups excluding carboxylic acids is 2. The molecule has 0 aliphatic carbocycles. The van der Waals surface area contributed by atoms with Crippen LogP contribution >= 0.6 is 15.9 Å². The molecular weight excluding hydrogens is 484 g/mol. The van der Waals surface area contributed by atoms with Gasteiger partial charge in [-0.05, 0) is 36.6 Å². The SMILES string of the molecule is O=C(C[C@@]1(COc2ccccc2)CCCN(C(=O)Cc2ccccc2Br)C1)N1CCOCC1. The van der Waals surface area contributed by atoms with Gasteiger partial charge in [0.25, 0.3) is 0 Å². The Balaban J connectivity index is 1.49. The molecule has 7 heteroatoms.